The van der Waals surface area contributed by atoms with Crippen molar-refractivity contribution in [3.63, 3.8) is 0 Å². The first kappa shape index (κ1) is 20.4. The van der Waals surface area contributed by atoms with E-state index in [1.54, 1.807) is 57.2 Å². The molecule has 2 nitrogen and oxygen atoms in total. The summed E-state index contributed by atoms with van der Waals surface area (Å²) in [6.07, 6.45) is -2.25. The summed E-state index contributed by atoms with van der Waals surface area (Å²) < 4.78 is 56.9. The van der Waals surface area contributed by atoms with E-state index in [9.17, 15) is 17.4 Å². The first-order chi connectivity index (χ1) is 12.1. The molecular formula is C20H22F3NOS. The molecule has 0 amide bonds. The Bertz CT molecular complexity index is 767. The zero-order chi connectivity index (χ0) is 19.4. The summed E-state index contributed by atoms with van der Waals surface area (Å²) in [6, 6.07) is 16.2. The van der Waals surface area contributed by atoms with Crippen LogP contribution in [-0.4, -0.2) is 15.1 Å². The van der Waals surface area contributed by atoms with E-state index in [2.05, 4.69) is 4.72 Å². The predicted molar refractivity (Wildman–Crippen MR) is 101 cm³/mol. The molecule has 0 fully saturated rings. The minimum atomic E-state index is -4.69. The molecule has 2 rings (SSSR count). The van der Waals surface area contributed by atoms with Crippen molar-refractivity contribution < 1.29 is 17.4 Å². The highest BCUT2D eigenvalue weighted by Gasteiger charge is 2.56. The summed E-state index contributed by atoms with van der Waals surface area (Å²) in [4.78, 5) is 0. The van der Waals surface area contributed by atoms with Gasteiger partial charge in [0.1, 0.15) is 0 Å². The maximum absolute atomic E-state index is 14.3. The lowest BCUT2D eigenvalue weighted by atomic mass is 9.89. The molecule has 6 heteroatoms. The fraction of sp³-hybridized carbons (Fsp3) is 0.300. The SMILES string of the molecule is CC(C)(C)[S@](=O)N[C@@](/C=C/c1ccccc1)(c1ccccc1)C(F)(F)F. The van der Waals surface area contributed by atoms with E-state index < -0.39 is 27.4 Å². The molecule has 0 heterocycles. The second-order valence-corrected chi connectivity index (χ2v) is 8.87. The second-order valence-electron chi connectivity index (χ2n) is 6.90. The van der Waals surface area contributed by atoms with Gasteiger partial charge in [0, 0.05) is 0 Å². The van der Waals surface area contributed by atoms with Crippen LogP contribution < -0.4 is 4.72 Å². The second kappa shape index (κ2) is 7.76. The minimum Gasteiger partial charge on any atom is -0.242 e. The van der Waals surface area contributed by atoms with Crippen LogP contribution in [0.5, 0.6) is 0 Å². The average molecular weight is 381 g/mol. The van der Waals surface area contributed by atoms with E-state index in [1.165, 1.54) is 30.3 Å². The van der Waals surface area contributed by atoms with Crippen LogP contribution in [0.25, 0.3) is 6.08 Å². The third-order valence-electron chi connectivity index (χ3n) is 3.81. The van der Waals surface area contributed by atoms with Gasteiger partial charge in [-0.05, 0) is 38.0 Å². The lowest BCUT2D eigenvalue weighted by molar-refractivity contribution is -0.179. The molecule has 0 spiro atoms. The van der Waals surface area contributed by atoms with Crippen LogP contribution in [0.3, 0.4) is 0 Å². The summed E-state index contributed by atoms with van der Waals surface area (Å²) >= 11 is 0. The van der Waals surface area contributed by atoms with Gasteiger partial charge in [-0.2, -0.15) is 13.2 Å². The Morgan fingerprint density at radius 1 is 0.885 bits per heavy atom. The van der Waals surface area contributed by atoms with Gasteiger partial charge < -0.3 is 0 Å². The van der Waals surface area contributed by atoms with Gasteiger partial charge in [-0.1, -0.05) is 66.7 Å². The number of hydrogen-bond acceptors (Lipinski definition) is 1. The number of nitrogens with one attached hydrogen (secondary N) is 1. The van der Waals surface area contributed by atoms with Gasteiger partial charge in [-0.15, -0.1) is 0 Å². The Hall–Kier alpha value is -1.92. The molecule has 0 aliphatic carbocycles. The number of alkyl halides is 3. The molecular weight excluding hydrogens is 359 g/mol. The van der Waals surface area contributed by atoms with Gasteiger partial charge in [-0.25, -0.2) is 8.93 Å². The zero-order valence-electron chi connectivity index (χ0n) is 14.9. The molecule has 0 aliphatic heterocycles. The Morgan fingerprint density at radius 2 is 1.38 bits per heavy atom. The molecule has 140 valence electrons. The van der Waals surface area contributed by atoms with Crippen molar-refractivity contribution in [1.82, 2.24) is 4.72 Å². The van der Waals surface area contributed by atoms with Crippen molar-refractivity contribution >= 4 is 17.1 Å². The van der Waals surface area contributed by atoms with E-state index in [4.69, 9.17) is 0 Å². The van der Waals surface area contributed by atoms with Crippen molar-refractivity contribution in [3.8, 4) is 0 Å². The largest absolute Gasteiger partial charge is 0.415 e. The molecule has 2 aromatic rings. The lowest BCUT2D eigenvalue weighted by Crippen LogP contribution is -2.55. The van der Waals surface area contributed by atoms with Crippen LogP contribution in [-0.2, 0) is 16.5 Å². The molecule has 0 radical (unpaired) electrons. The van der Waals surface area contributed by atoms with E-state index in [0.29, 0.717) is 5.56 Å². The molecule has 0 saturated heterocycles. The van der Waals surface area contributed by atoms with Crippen molar-refractivity contribution in [3.05, 3.63) is 77.9 Å². The topological polar surface area (TPSA) is 29.1 Å². The average Bonchev–Trinajstić information content (AvgIpc) is 2.58. The molecule has 0 bridgehead atoms. The first-order valence-electron chi connectivity index (χ1n) is 8.12. The van der Waals surface area contributed by atoms with Gasteiger partial charge >= 0.3 is 6.18 Å². The summed E-state index contributed by atoms with van der Waals surface area (Å²) in [6.45, 7) is 4.88. The standard InChI is InChI=1S/C20H22F3NOS/c1-18(2,3)26(25)24-19(20(21,22)23,17-12-8-5-9-13-17)15-14-16-10-6-4-7-11-16/h4-15,24H,1-3H3/b15-14+/t19-,26-/m0/s1. The van der Waals surface area contributed by atoms with Crippen LogP contribution in [0.2, 0.25) is 0 Å². The minimum absolute atomic E-state index is 0.0164. The van der Waals surface area contributed by atoms with Crippen LogP contribution in [0.15, 0.2) is 66.7 Å². The highest BCUT2D eigenvalue weighted by atomic mass is 32.2. The predicted octanol–water partition coefficient (Wildman–Crippen LogP) is 5.21. The smallest absolute Gasteiger partial charge is 0.242 e. The van der Waals surface area contributed by atoms with E-state index >= 15 is 0 Å². The Morgan fingerprint density at radius 3 is 1.85 bits per heavy atom. The maximum atomic E-state index is 14.3. The molecule has 2 aromatic carbocycles. The zero-order valence-corrected chi connectivity index (χ0v) is 15.7. The summed E-state index contributed by atoms with van der Waals surface area (Å²) in [7, 11) is -1.93. The normalized spacial score (nSPS) is 16.4. The van der Waals surface area contributed by atoms with Crippen LogP contribution in [0, 0.1) is 0 Å². The first-order valence-corrected chi connectivity index (χ1v) is 9.27. The van der Waals surface area contributed by atoms with E-state index in [1.807, 2.05) is 0 Å². The third-order valence-corrected chi connectivity index (χ3v) is 5.43. The van der Waals surface area contributed by atoms with Gasteiger partial charge in [0.25, 0.3) is 0 Å². The maximum Gasteiger partial charge on any atom is 0.415 e. The molecule has 2 atom stereocenters. The third kappa shape index (κ3) is 4.62. The number of benzene rings is 2. The number of halogens is 3. The molecule has 0 aromatic heterocycles. The van der Waals surface area contributed by atoms with Gasteiger partial charge in [-0.3, -0.25) is 0 Å². The molecule has 0 saturated carbocycles. The Balaban J connectivity index is 2.61. The number of rotatable bonds is 5. The molecule has 0 unspecified atom stereocenters. The van der Waals surface area contributed by atoms with E-state index in [-0.39, 0.29) is 5.56 Å². The van der Waals surface area contributed by atoms with E-state index in [0.717, 1.165) is 6.08 Å². The lowest BCUT2D eigenvalue weighted by Gasteiger charge is -2.36. The summed E-state index contributed by atoms with van der Waals surface area (Å²) in [5, 5.41) is 0. The van der Waals surface area contributed by atoms with Crippen molar-refractivity contribution in [2.75, 3.05) is 0 Å². The van der Waals surface area contributed by atoms with Crippen molar-refractivity contribution in [2.24, 2.45) is 0 Å². The van der Waals surface area contributed by atoms with Gasteiger partial charge in [0.15, 0.2) is 5.54 Å². The van der Waals surface area contributed by atoms with Crippen LogP contribution in [0.1, 0.15) is 31.9 Å². The monoisotopic (exact) mass is 381 g/mol. The number of hydrogen-bond donors (Lipinski definition) is 1. The van der Waals surface area contributed by atoms with Crippen LogP contribution >= 0.6 is 0 Å². The summed E-state index contributed by atoms with van der Waals surface area (Å²) in [5.41, 5.74) is -1.96. The molecule has 26 heavy (non-hydrogen) atoms. The highest BCUT2D eigenvalue weighted by Crippen LogP contribution is 2.41. The molecule has 0 aliphatic rings. The van der Waals surface area contributed by atoms with Crippen molar-refractivity contribution in [2.45, 2.75) is 37.2 Å². The quantitative estimate of drug-likeness (QED) is 0.757. The van der Waals surface area contributed by atoms with Crippen molar-refractivity contribution in [1.29, 1.82) is 0 Å². The van der Waals surface area contributed by atoms with Gasteiger partial charge in [0.2, 0.25) is 0 Å². The summed E-state index contributed by atoms with van der Waals surface area (Å²) in [5.74, 6) is 0. The fourth-order valence-corrected chi connectivity index (χ4v) is 3.19. The fourth-order valence-electron chi connectivity index (χ4n) is 2.29. The van der Waals surface area contributed by atoms with Crippen LogP contribution in [0.4, 0.5) is 13.2 Å². The Kier molecular flexibility index (Phi) is 6.09. The van der Waals surface area contributed by atoms with Gasteiger partial charge in [0.05, 0.1) is 15.7 Å². The highest BCUT2D eigenvalue weighted by molar-refractivity contribution is 7.84. The molecule has 1 N–H and O–H groups in total. The Labute approximate surface area is 154 Å².